The van der Waals surface area contributed by atoms with Gasteiger partial charge in [0.25, 0.3) is 5.91 Å². The van der Waals surface area contributed by atoms with Gasteiger partial charge in [-0.2, -0.15) is 5.10 Å². The summed E-state index contributed by atoms with van der Waals surface area (Å²) in [6.45, 7) is 4.50. The van der Waals surface area contributed by atoms with E-state index in [0.29, 0.717) is 26.2 Å². The minimum Gasteiger partial charge on any atom is -0.497 e. The van der Waals surface area contributed by atoms with Crippen molar-refractivity contribution in [3.63, 3.8) is 0 Å². The number of thiophene rings is 1. The highest BCUT2D eigenvalue weighted by Crippen LogP contribution is 2.35. The molecular weight excluding hydrogens is 476 g/mol. The molecule has 0 bridgehead atoms. The molecule has 1 aromatic heterocycles. The highest BCUT2D eigenvalue weighted by atomic mass is 32.1. The van der Waals surface area contributed by atoms with Crippen LogP contribution in [-0.2, 0) is 14.3 Å². The first kappa shape index (κ1) is 24.9. The number of morpholine rings is 1. The van der Waals surface area contributed by atoms with Gasteiger partial charge in [0, 0.05) is 38.5 Å². The fourth-order valence-corrected chi connectivity index (χ4v) is 5.64. The number of hydrazone groups is 1. The number of hydrogen-bond acceptors (Lipinski definition) is 7. The van der Waals surface area contributed by atoms with Crippen molar-refractivity contribution in [2.75, 3.05) is 53.0 Å². The van der Waals surface area contributed by atoms with Crippen LogP contribution in [-0.4, -0.2) is 85.4 Å². The second-order valence-electron chi connectivity index (χ2n) is 9.60. The predicted octanol–water partition coefficient (Wildman–Crippen LogP) is 3.40. The zero-order chi connectivity index (χ0) is 24.9. The van der Waals surface area contributed by atoms with E-state index in [4.69, 9.17) is 14.6 Å². The van der Waals surface area contributed by atoms with E-state index in [9.17, 15) is 9.59 Å². The average molecular weight is 511 g/mol. The number of methoxy groups -OCH3 is 1. The van der Waals surface area contributed by atoms with E-state index in [-0.39, 0.29) is 30.3 Å². The summed E-state index contributed by atoms with van der Waals surface area (Å²) in [6.07, 6.45) is 3.56. The van der Waals surface area contributed by atoms with E-state index in [1.54, 1.807) is 28.4 Å². The molecule has 3 aliphatic rings. The van der Waals surface area contributed by atoms with Gasteiger partial charge in [-0.3, -0.25) is 14.5 Å². The zero-order valence-electron chi connectivity index (χ0n) is 20.8. The summed E-state index contributed by atoms with van der Waals surface area (Å²) >= 11 is 1.63. The third-order valence-corrected chi connectivity index (χ3v) is 8.27. The molecule has 1 aromatic carbocycles. The van der Waals surface area contributed by atoms with Crippen molar-refractivity contribution in [3.05, 3.63) is 52.2 Å². The largest absolute Gasteiger partial charge is 0.497 e. The van der Waals surface area contributed by atoms with Crippen molar-refractivity contribution in [3.8, 4) is 5.75 Å². The molecule has 9 heteroatoms. The quantitative estimate of drug-likeness (QED) is 0.517. The summed E-state index contributed by atoms with van der Waals surface area (Å²) in [4.78, 5) is 32.2. The molecule has 5 rings (SSSR count). The Labute approximate surface area is 216 Å². The Morgan fingerprint density at radius 2 is 1.94 bits per heavy atom. The second kappa shape index (κ2) is 11.5. The summed E-state index contributed by atoms with van der Waals surface area (Å²) in [6, 6.07) is 11.6. The molecule has 2 fully saturated rings. The van der Waals surface area contributed by atoms with Crippen LogP contribution in [0.3, 0.4) is 0 Å². The molecule has 8 nitrogen and oxygen atoms in total. The topological polar surface area (TPSA) is 74.7 Å². The van der Waals surface area contributed by atoms with Crippen LogP contribution in [0.4, 0.5) is 0 Å². The van der Waals surface area contributed by atoms with Crippen molar-refractivity contribution in [1.29, 1.82) is 0 Å². The second-order valence-corrected chi connectivity index (χ2v) is 10.5. The van der Waals surface area contributed by atoms with Crippen LogP contribution in [0.25, 0.3) is 0 Å². The predicted molar refractivity (Wildman–Crippen MR) is 139 cm³/mol. The lowest BCUT2D eigenvalue weighted by Crippen LogP contribution is -2.49. The third-order valence-electron chi connectivity index (χ3n) is 7.35. The van der Waals surface area contributed by atoms with Crippen LogP contribution in [0.1, 0.15) is 42.2 Å². The molecule has 0 N–H and O–H groups in total. The molecule has 0 radical (unpaired) electrons. The highest BCUT2D eigenvalue weighted by Gasteiger charge is 2.36. The number of carbonyl (C=O) groups excluding carboxylic acids is 2. The minimum atomic E-state index is -0.208. The number of amides is 2. The maximum absolute atomic E-state index is 13.7. The highest BCUT2D eigenvalue weighted by molar-refractivity contribution is 7.12. The summed E-state index contributed by atoms with van der Waals surface area (Å²) in [7, 11) is 1.64. The van der Waals surface area contributed by atoms with Crippen LogP contribution >= 0.6 is 11.3 Å². The standard InChI is InChI=1S/C27H34N4O4S/c1-34-22-9-7-20(8-10-22)24-18-23(25-6-3-17-36-25)28-31(24)26(32)19-30(27(33)21-4-2-5-21)12-11-29-13-15-35-16-14-29/h3,6-10,17,21,24H,2,4-5,11-16,18-19H2,1H3/t24-/m0/s1. The lowest BCUT2D eigenvalue weighted by Gasteiger charge is -2.34. The number of rotatable bonds is 9. The van der Waals surface area contributed by atoms with Crippen LogP contribution in [0, 0.1) is 5.92 Å². The molecule has 192 valence electrons. The van der Waals surface area contributed by atoms with Crippen molar-refractivity contribution >= 4 is 28.9 Å². The fraction of sp³-hybridized carbons (Fsp3) is 0.519. The minimum absolute atomic E-state index is 0.0450. The number of ether oxygens (including phenoxy) is 2. The fourth-order valence-electron chi connectivity index (χ4n) is 4.92. The van der Waals surface area contributed by atoms with Crippen LogP contribution in [0.2, 0.25) is 0 Å². The van der Waals surface area contributed by atoms with Gasteiger partial charge in [-0.15, -0.1) is 11.3 Å². The van der Waals surface area contributed by atoms with Gasteiger partial charge in [0.1, 0.15) is 12.3 Å². The van der Waals surface area contributed by atoms with Gasteiger partial charge in [-0.1, -0.05) is 24.6 Å². The Morgan fingerprint density at radius 1 is 1.17 bits per heavy atom. The van der Waals surface area contributed by atoms with E-state index < -0.39 is 0 Å². The van der Waals surface area contributed by atoms with E-state index >= 15 is 0 Å². The zero-order valence-corrected chi connectivity index (χ0v) is 21.6. The maximum Gasteiger partial charge on any atom is 0.262 e. The van der Waals surface area contributed by atoms with E-state index in [1.165, 1.54) is 0 Å². The first-order valence-corrected chi connectivity index (χ1v) is 13.7. The monoisotopic (exact) mass is 510 g/mol. The summed E-state index contributed by atoms with van der Waals surface area (Å²) in [5.74, 6) is 0.778. The maximum atomic E-state index is 13.7. The molecule has 36 heavy (non-hydrogen) atoms. The molecule has 2 amide bonds. The molecule has 1 saturated heterocycles. The van der Waals surface area contributed by atoms with Gasteiger partial charge in [-0.05, 0) is 42.0 Å². The normalized spacial score (nSPS) is 20.6. The summed E-state index contributed by atoms with van der Waals surface area (Å²) in [5, 5.41) is 8.41. The number of nitrogens with zero attached hydrogens (tertiary/aromatic N) is 4. The molecule has 3 heterocycles. The van der Waals surface area contributed by atoms with Gasteiger partial charge < -0.3 is 14.4 Å². The smallest absolute Gasteiger partial charge is 0.262 e. The Hall–Kier alpha value is -2.75. The Balaban J connectivity index is 1.34. The van der Waals surface area contributed by atoms with Gasteiger partial charge in [0.2, 0.25) is 5.91 Å². The molecule has 1 atom stereocenters. The molecule has 0 unspecified atom stereocenters. The first-order valence-electron chi connectivity index (χ1n) is 12.8. The number of benzene rings is 1. The SMILES string of the molecule is COc1ccc([C@@H]2CC(c3cccs3)=NN2C(=O)CN(CCN2CCOCC2)C(=O)C2CCC2)cc1. The summed E-state index contributed by atoms with van der Waals surface area (Å²) < 4.78 is 10.8. The van der Waals surface area contributed by atoms with Crippen molar-refractivity contribution in [2.24, 2.45) is 11.0 Å². The number of hydrogen-bond donors (Lipinski definition) is 0. The van der Waals surface area contributed by atoms with Crippen LogP contribution in [0.5, 0.6) is 5.75 Å². The van der Waals surface area contributed by atoms with Gasteiger partial charge in [0.05, 0.1) is 37.0 Å². The molecule has 2 aromatic rings. The molecule has 1 saturated carbocycles. The third kappa shape index (κ3) is 5.63. The van der Waals surface area contributed by atoms with E-state index in [2.05, 4.69) is 4.90 Å². The average Bonchev–Trinajstić information content (AvgIpc) is 3.56. The van der Waals surface area contributed by atoms with Crippen LogP contribution in [0.15, 0.2) is 46.9 Å². The lowest BCUT2D eigenvalue weighted by molar-refractivity contribution is -0.145. The van der Waals surface area contributed by atoms with Crippen molar-refractivity contribution in [1.82, 2.24) is 14.8 Å². The molecule has 2 aliphatic heterocycles. The van der Waals surface area contributed by atoms with E-state index in [1.807, 2.05) is 41.8 Å². The van der Waals surface area contributed by atoms with Crippen LogP contribution < -0.4 is 4.74 Å². The van der Waals surface area contributed by atoms with Crippen molar-refractivity contribution < 1.29 is 19.1 Å². The van der Waals surface area contributed by atoms with Gasteiger partial charge in [-0.25, -0.2) is 5.01 Å². The molecular formula is C27H34N4O4S. The first-order chi connectivity index (χ1) is 17.6. The Morgan fingerprint density at radius 3 is 2.58 bits per heavy atom. The summed E-state index contributed by atoms with van der Waals surface area (Å²) in [5.41, 5.74) is 1.91. The Kier molecular flexibility index (Phi) is 7.99. The number of carbonyl (C=O) groups is 2. The van der Waals surface area contributed by atoms with Crippen molar-refractivity contribution in [2.45, 2.75) is 31.7 Å². The lowest BCUT2D eigenvalue weighted by atomic mass is 9.84. The molecule has 0 spiro atoms. The van der Waals surface area contributed by atoms with Gasteiger partial charge in [0.15, 0.2) is 0 Å². The Bertz CT molecular complexity index is 1060. The van der Waals surface area contributed by atoms with E-state index in [0.717, 1.165) is 60.8 Å². The van der Waals surface area contributed by atoms with Gasteiger partial charge >= 0.3 is 0 Å². The molecule has 1 aliphatic carbocycles.